The summed E-state index contributed by atoms with van der Waals surface area (Å²) in [6.45, 7) is 0. The molecule has 0 N–H and O–H groups in total. The molecule has 3 heterocycles. The lowest BCUT2D eigenvalue weighted by atomic mass is 9.98. The van der Waals surface area contributed by atoms with Gasteiger partial charge in [-0.05, 0) is 46.2 Å². The van der Waals surface area contributed by atoms with E-state index in [4.69, 9.17) is 24.9 Å². The van der Waals surface area contributed by atoms with Crippen molar-refractivity contribution in [3.8, 4) is 67.8 Å². The van der Waals surface area contributed by atoms with Gasteiger partial charge in [0.05, 0.1) is 22.4 Å². The normalized spacial score (nSPS) is 11.4. The van der Waals surface area contributed by atoms with Crippen molar-refractivity contribution in [1.82, 2.24) is 24.9 Å². The van der Waals surface area contributed by atoms with Crippen molar-refractivity contribution < 1.29 is 0 Å². The molecule has 11 rings (SSSR count). The van der Waals surface area contributed by atoms with Gasteiger partial charge in [-0.2, -0.15) is 0 Å². The number of aromatic nitrogens is 5. The molecule has 5 nitrogen and oxygen atoms in total. The molecule has 0 radical (unpaired) electrons. The first-order valence-corrected chi connectivity index (χ1v) is 19.4. The van der Waals surface area contributed by atoms with Crippen molar-refractivity contribution in [2.45, 2.75) is 0 Å². The number of hydrogen-bond acceptors (Lipinski definition) is 5. The molecule has 0 saturated carbocycles. The van der Waals surface area contributed by atoms with E-state index in [9.17, 15) is 0 Å². The number of nitrogens with zero attached hydrogens (tertiary/aromatic N) is 5. The van der Waals surface area contributed by atoms with Gasteiger partial charge in [0.2, 0.25) is 0 Å². The standard InChI is InChI=1S/C53H33N5/c1-2-14-34(15-3-1)35-28-30-36(31-29-35)51-56-52(39-18-12-16-37(32-39)49-45-24-6-4-20-41(45)43-22-8-10-26-47(43)54-49)58-53(57-51)40-19-13-17-38(33-40)50-46-25-7-5-21-42(46)44-23-9-11-27-48(44)55-50/h1-33H. The predicted octanol–water partition coefficient (Wildman–Crippen LogP) is 13.3. The molecular weight excluding hydrogens is 707 g/mol. The molecule has 0 bridgehead atoms. The molecule has 0 aliphatic heterocycles. The van der Waals surface area contributed by atoms with E-state index in [-0.39, 0.29) is 0 Å². The third kappa shape index (κ3) is 5.94. The highest BCUT2D eigenvalue weighted by atomic mass is 15.0. The molecule has 0 saturated heterocycles. The van der Waals surface area contributed by atoms with Crippen molar-refractivity contribution in [2.75, 3.05) is 0 Å². The molecule has 5 heteroatoms. The first-order chi connectivity index (χ1) is 28.7. The van der Waals surface area contributed by atoms with Crippen LogP contribution in [0, 0.1) is 0 Å². The molecule has 3 aromatic heterocycles. The van der Waals surface area contributed by atoms with Gasteiger partial charge in [0, 0.05) is 49.4 Å². The van der Waals surface area contributed by atoms with Gasteiger partial charge in [0.15, 0.2) is 17.5 Å². The lowest BCUT2D eigenvalue weighted by molar-refractivity contribution is 1.07. The summed E-state index contributed by atoms with van der Waals surface area (Å²) in [6.07, 6.45) is 0. The van der Waals surface area contributed by atoms with E-state index in [2.05, 4.69) is 182 Å². The van der Waals surface area contributed by atoms with Gasteiger partial charge >= 0.3 is 0 Å². The Morgan fingerprint density at radius 3 is 1.05 bits per heavy atom. The van der Waals surface area contributed by atoms with Crippen LogP contribution in [0.5, 0.6) is 0 Å². The Morgan fingerprint density at radius 1 is 0.207 bits per heavy atom. The molecule has 0 fully saturated rings. The minimum atomic E-state index is 0.582. The Balaban J connectivity index is 1.07. The monoisotopic (exact) mass is 739 g/mol. The molecule has 0 spiro atoms. The highest BCUT2D eigenvalue weighted by Crippen LogP contribution is 2.37. The quantitative estimate of drug-likeness (QED) is 0.159. The SMILES string of the molecule is c1ccc(-c2ccc(-c3nc(-c4cccc(-c5nc6ccccc6c6ccccc56)c4)nc(-c4cccc(-c5nc6ccccc6c6ccccc56)c4)n3)cc2)cc1. The maximum absolute atomic E-state index is 5.20. The highest BCUT2D eigenvalue weighted by Gasteiger charge is 2.17. The van der Waals surface area contributed by atoms with E-state index in [1.807, 2.05) is 18.2 Å². The average molecular weight is 740 g/mol. The highest BCUT2D eigenvalue weighted by molar-refractivity contribution is 6.12. The third-order valence-electron chi connectivity index (χ3n) is 10.9. The summed E-state index contributed by atoms with van der Waals surface area (Å²) in [7, 11) is 0. The Hall–Kier alpha value is -7.89. The fraction of sp³-hybridized carbons (Fsp3) is 0. The number of hydrogen-bond donors (Lipinski definition) is 0. The van der Waals surface area contributed by atoms with E-state index in [1.54, 1.807) is 0 Å². The zero-order valence-corrected chi connectivity index (χ0v) is 31.3. The Labute approximate surface area is 335 Å². The van der Waals surface area contributed by atoms with E-state index < -0.39 is 0 Å². The molecule has 58 heavy (non-hydrogen) atoms. The average Bonchev–Trinajstić information content (AvgIpc) is 3.31. The maximum atomic E-state index is 5.20. The molecule has 8 aromatic carbocycles. The maximum Gasteiger partial charge on any atom is 0.164 e. The second kappa shape index (κ2) is 14.0. The lowest BCUT2D eigenvalue weighted by Crippen LogP contribution is -2.01. The topological polar surface area (TPSA) is 64.5 Å². The Bertz CT molecular complexity index is 3160. The van der Waals surface area contributed by atoms with Crippen molar-refractivity contribution in [3.05, 3.63) is 200 Å². The van der Waals surface area contributed by atoms with Gasteiger partial charge in [-0.1, -0.05) is 176 Å². The predicted molar refractivity (Wildman–Crippen MR) is 238 cm³/mol. The first-order valence-electron chi connectivity index (χ1n) is 19.4. The summed E-state index contributed by atoms with van der Waals surface area (Å²) in [5.74, 6) is 1.76. The third-order valence-corrected chi connectivity index (χ3v) is 10.9. The fourth-order valence-electron chi connectivity index (χ4n) is 8.06. The van der Waals surface area contributed by atoms with E-state index in [0.717, 1.165) is 82.9 Å². The molecule has 270 valence electrons. The van der Waals surface area contributed by atoms with Crippen molar-refractivity contribution in [2.24, 2.45) is 0 Å². The van der Waals surface area contributed by atoms with Gasteiger partial charge in [-0.25, -0.2) is 24.9 Å². The molecule has 11 aromatic rings. The van der Waals surface area contributed by atoms with Crippen LogP contribution < -0.4 is 0 Å². The summed E-state index contributed by atoms with van der Waals surface area (Å²) in [5, 5.41) is 6.81. The molecule has 0 amide bonds. The van der Waals surface area contributed by atoms with Crippen LogP contribution in [0.2, 0.25) is 0 Å². The van der Waals surface area contributed by atoms with Crippen LogP contribution in [0.25, 0.3) is 111 Å². The van der Waals surface area contributed by atoms with E-state index in [0.29, 0.717) is 17.5 Å². The van der Waals surface area contributed by atoms with Crippen molar-refractivity contribution >= 4 is 43.4 Å². The van der Waals surface area contributed by atoms with Crippen molar-refractivity contribution in [1.29, 1.82) is 0 Å². The van der Waals surface area contributed by atoms with Crippen LogP contribution in [-0.4, -0.2) is 24.9 Å². The molecular formula is C53H33N5. The van der Waals surface area contributed by atoms with Crippen LogP contribution in [0.1, 0.15) is 0 Å². The Morgan fingerprint density at radius 2 is 0.552 bits per heavy atom. The summed E-state index contributed by atoms with van der Waals surface area (Å²) >= 11 is 0. The fourth-order valence-corrected chi connectivity index (χ4v) is 8.06. The zero-order valence-electron chi connectivity index (χ0n) is 31.3. The second-order valence-corrected chi connectivity index (χ2v) is 14.5. The van der Waals surface area contributed by atoms with Crippen LogP contribution in [0.15, 0.2) is 200 Å². The molecule has 0 aliphatic carbocycles. The van der Waals surface area contributed by atoms with Gasteiger partial charge in [-0.15, -0.1) is 0 Å². The van der Waals surface area contributed by atoms with Gasteiger partial charge in [0.25, 0.3) is 0 Å². The van der Waals surface area contributed by atoms with Crippen LogP contribution in [-0.2, 0) is 0 Å². The minimum Gasteiger partial charge on any atom is -0.247 e. The van der Waals surface area contributed by atoms with Crippen LogP contribution in [0.3, 0.4) is 0 Å². The summed E-state index contributed by atoms with van der Waals surface area (Å²) in [5.41, 5.74) is 10.7. The van der Waals surface area contributed by atoms with E-state index >= 15 is 0 Å². The zero-order chi connectivity index (χ0) is 38.4. The van der Waals surface area contributed by atoms with Crippen LogP contribution >= 0.6 is 0 Å². The smallest absolute Gasteiger partial charge is 0.164 e. The summed E-state index contributed by atoms with van der Waals surface area (Å²) in [6, 6.07) is 69.2. The first kappa shape index (κ1) is 33.4. The van der Waals surface area contributed by atoms with E-state index in [1.165, 1.54) is 10.8 Å². The summed E-state index contributed by atoms with van der Waals surface area (Å²) < 4.78 is 0. The molecule has 0 unspecified atom stereocenters. The molecule has 0 aliphatic rings. The number of rotatable bonds is 6. The number of fused-ring (bicyclic) bond motifs is 6. The van der Waals surface area contributed by atoms with Gasteiger partial charge in [-0.3, -0.25) is 0 Å². The van der Waals surface area contributed by atoms with Gasteiger partial charge < -0.3 is 0 Å². The number of benzene rings is 8. The minimum absolute atomic E-state index is 0.582. The van der Waals surface area contributed by atoms with Crippen LogP contribution in [0.4, 0.5) is 0 Å². The van der Waals surface area contributed by atoms with Gasteiger partial charge in [0.1, 0.15) is 0 Å². The van der Waals surface area contributed by atoms with Crippen molar-refractivity contribution in [3.63, 3.8) is 0 Å². The second-order valence-electron chi connectivity index (χ2n) is 14.5. The summed E-state index contributed by atoms with van der Waals surface area (Å²) in [4.78, 5) is 25.9. The lowest BCUT2D eigenvalue weighted by Gasteiger charge is -2.13. The largest absolute Gasteiger partial charge is 0.247 e. The Kier molecular flexibility index (Phi) is 8.07. The molecule has 0 atom stereocenters. The number of para-hydroxylation sites is 2. The number of pyridine rings is 2.